The third kappa shape index (κ3) is 3.08. The van der Waals surface area contributed by atoms with Crippen LogP contribution in [0.1, 0.15) is 5.56 Å². The smallest absolute Gasteiger partial charge is 0.417 e. The van der Waals surface area contributed by atoms with Crippen LogP contribution in [0.3, 0.4) is 0 Å². The molecule has 0 aliphatic carbocycles. The highest BCUT2D eigenvalue weighted by atomic mass is 35.5. The zero-order chi connectivity index (χ0) is 14.9. The third-order valence-electron chi connectivity index (χ3n) is 2.33. The van der Waals surface area contributed by atoms with Gasteiger partial charge in [-0.2, -0.15) is 13.2 Å². The van der Waals surface area contributed by atoms with Crippen molar-refractivity contribution in [3.63, 3.8) is 0 Å². The first-order chi connectivity index (χ1) is 9.29. The first-order valence-electron chi connectivity index (χ1n) is 5.23. The van der Waals surface area contributed by atoms with Crippen LogP contribution >= 0.6 is 23.2 Å². The summed E-state index contributed by atoms with van der Waals surface area (Å²) in [5.41, 5.74) is 4.91. The Morgan fingerprint density at radius 2 is 1.85 bits per heavy atom. The van der Waals surface area contributed by atoms with Crippen molar-refractivity contribution in [2.75, 3.05) is 5.73 Å². The van der Waals surface area contributed by atoms with Crippen LogP contribution in [0.15, 0.2) is 30.5 Å². The molecule has 2 rings (SSSR count). The molecular weight excluding hydrogens is 316 g/mol. The zero-order valence-corrected chi connectivity index (χ0v) is 11.2. The van der Waals surface area contributed by atoms with Crippen molar-refractivity contribution in [2.24, 2.45) is 0 Å². The molecule has 0 aliphatic rings. The van der Waals surface area contributed by atoms with Crippen LogP contribution in [0.2, 0.25) is 10.0 Å². The minimum atomic E-state index is -4.53. The molecule has 0 radical (unpaired) electrons. The van der Waals surface area contributed by atoms with Gasteiger partial charge in [0.05, 0.1) is 16.3 Å². The lowest BCUT2D eigenvalue weighted by molar-refractivity contribution is -0.137. The molecule has 1 heterocycles. The summed E-state index contributed by atoms with van der Waals surface area (Å²) in [6, 6.07) is 5.37. The van der Waals surface area contributed by atoms with E-state index in [1.54, 1.807) is 6.07 Å². The van der Waals surface area contributed by atoms with E-state index in [9.17, 15) is 13.2 Å². The van der Waals surface area contributed by atoms with Crippen LogP contribution in [0.25, 0.3) is 0 Å². The molecular formula is C12H7Cl2F3N2O. The maximum atomic E-state index is 12.5. The normalized spacial score (nSPS) is 11.4. The Morgan fingerprint density at radius 1 is 1.15 bits per heavy atom. The molecule has 0 saturated carbocycles. The van der Waals surface area contributed by atoms with Crippen LogP contribution in [0, 0.1) is 0 Å². The van der Waals surface area contributed by atoms with E-state index in [2.05, 4.69) is 4.98 Å². The SMILES string of the molecule is Nc1cccc(Cl)c1Oc1ncc(C(F)(F)F)cc1Cl. The Hall–Kier alpha value is -1.66. The van der Waals surface area contributed by atoms with E-state index in [4.69, 9.17) is 33.7 Å². The highest BCUT2D eigenvalue weighted by Crippen LogP contribution is 2.38. The minimum Gasteiger partial charge on any atom is -0.434 e. The lowest BCUT2D eigenvalue weighted by Gasteiger charge is -2.12. The van der Waals surface area contributed by atoms with E-state index in [0.29, 0.717) is 6.20 Å². The van der Waals surface area contributed by atoms with E-state index in [1.807, 2.05) is 0 Å². The number of nitrogens with zero attached hydrogens (tertiary/aromatic N) is 1. The zero-order valence-electron chi connectivity index (χ0n) is 9.71. The number of benzene rings is 1. The second-order valence-corrected chi connectivity index (χ2v) is 4.58. The van der Waals surface area contributed by atoms with Crippen molar-refractivity contribution in [3.05, 3.63) is 46.1 Å². The van der Waals surface area contributed by atoms with Crippen LogP contribution in [-0.2, 0) is 6.18 Å². The monoisotopic (exact) mass is 322 g/mol. The van der Waals surface area contributed by atoms with Gasteiger partial charge in [0, 0.05) is 6.20 Å². The molecule has 106 valence electrons. The Bertz CT molecular complexity index is 627. The van der Waals surface area contributed by atoms with Gasteiger partial charge in [0.2, 0.25) is 5.88 Å². The molecule has 2 aromatic rings. The molecule has 2 N–H and O–H groups in total. The van der Waals surface area contributed by atoms with E-state index in [0.717, 1.165) is 6.07 Å². The summed E-state index contributed by atoms with van der Waals surface area (Å²) in [6.07, 6.45) is -3.91. The van der Waals surface area contributed by atoms with Crippen molar-refractivity contribution in [2.45, 2.75) is 6.18 Å². The first-order valence-corrected chi connectivity index (χ1v) is 5.99. The topological polar surface area (TPSA) is 48.1 Å². The molecule has 0 unspecified atom stereocenters. The average molecular weight is 323 g/mol. The standard InChI is InChI=1S/C12H7Cl2F3N2O/c13-7-2-1-3-9(18)10(7)20-11-8(14)4-6(5-19-11)12(15,16)17/h1-5H,18H2. The Morgan fingerprint density at radius 3 is 2.40 bits per heavy atom. The summed E-state index contributed by atoms with van der Waals surface area (Å²) in [5.74, 6) is -0.122. The van der Waals surface area contributed by atoms with Gasteiger partial charge < -0.3 is 10.5 Å². The summed E-state index contributed by atoms with van der Waals surface area (Å²) in [4.78, 5) is 3.53. The van der Waals surface area contributed by atoms with Crippen molar-refractivity contribution in [3.8, 4) is 11.6 Å². The van der Waals surface area contributed by atoms with Crippen LogP contribution < -0.4 is 10.5 Å². The summed E-state index contributed by atoms with van der Waals surface area (Å²) in [7, 11) is 0. The van der Waals surface area contributed by atoms with E-state index < -0.39 is 11.7 Å². The number of nitrogens with two attached hydrogens (primary N) is 1. The maximum Gasteiger partial charge on any atom is 0.417 e. The van der Waals surface area contributed by atoms with Gasteiger partial charge in [0.1, 0.15) is 5.02 Å². The van der Waals surface area contributed by atoms with E-state index >= 15 is 0 Å². The molecule has 0 spiro atoms. The lowest BCUT2D eigenvalue weighted by Crippen LogP contribution is -2.06. The Kier molecular flexibility index (Phi) is 3.96. The van der Waals surface area contributed by atoms with Gasteiger partial charge in [-0.15, -0.1) is 0 Å². The Balaban J connectivity index is 2.36. The van der Waals surface area contributed by atoms with Gasteiger partial charge in [-0.05, 0) is 18.2 Å². The maximum absolute atomic E-state index is 12.5. The predicted molar refractivity (Wildman–Crippen MR) is 70.2 cm³/mol. The largest absolute Gasteiger partial charge is 0.434 e. The highest BCUT2D eigenvalue weighted by molar-refractivity contribution is 6.33. The number of hydrogen-bond donors (Lipinski definition) is 1. The summed E-state index contributed by atoms with van der Waals surface area (Å²) >= 11 is 11.6. The van der Waals surface area contributed by atoms with E-state index in [1.165, 1.54) is 12.1 Å². The molecule has 8 heteroatoms. The quantitative estimate of drug-likeness (QED) is 0.809. The molecule has 0 amide bonds. The van der Waals surface area contributed by atoms with E-state index in [-0.39, 0.29) is 27.4 Å². The predicted octanol–water partition coefficient (Wildman–Crippen LogP) is 4.78. The number of nitrogen functional groups attached to an aromatic ring is 1. The molecule has 20 heavy (non-hydrogen) atoms. The van der Waals surface area contributed by atoms with Crippen molar-refractivity contribution in [1.29, 1.82) is 0 Å². The number of ether oxygens (including phenoxy) is 1. The van der Waals surface area contributed by atoms with Crippen LogP contribution in [-0.4, -0.2) is 4.98 Å². The molecule has 0 bridgehead atoms. The second kappa shape index (κ2) is 5.38. The number of hydrogen-bond acceptors (Lipinski definition) is 3. The Labute approximate surface area is 122 Å². The summed E-state index contributed by atoms with van der Waals surface area (Å²) in [5, 5.41) is -0.0955. The van der Waals surface area contributed by atoms with Crippen LogP contribution in [0.5, 0.6) is 11.6 Å². The average Bonchev–Trinajstić information content (AvgIpc) is 2.34. The number of aromatic nitrogens is 1. The molecule has 1 aromatic heterocycles. The number of alkyl halides is 3. The molecule has 1 aromatic carbocycles. The number of pyridine rings is 1. The molecule has 3 nitrogen and oxygen atoms in total. The highest BCUT2D eigenvalue weighted by Gasteiger charge is 2.31. The molecule has 0 saturated heterocycles. The van der Waals surface area contributed by atoms with Crippen LogP contribution in [0.4, 0.5) is 18.9 Å². The molecule has 0 atom stereocenters. The summed E-state index contributed by atoms with van der Waals surface area (Å²) < 4.78 is 42.7. The van der Waals surface area contributed by atoms with Crippen molar-refractivity contribution < 1.29 is 17.9 Å². The molecule has 0 aliphatic heterocycles. The lowest BCUT2D eigenvalue weighted by atomic mass is 10.3. The fourth-order valence-electron chi connectivity index (χ4n) is 1.39. The molecule has 0 fully saturated rings. The van der Waals surface area contributed by atoms with Gasteiger partial charge in [-0.1, -0.05) is 29.3 Å². The fourth-order valence-corrected chi connectivity index (χ4v) is 1.81. The van der Waals surface area contributed by atoms with Gasteiger partial charge in [0.15, 0.2) is 5.75 Å². The number of anilines is 1. The van der Waals surface area contributed by atoms with Crippen molar-refractivity contribution in [1.82, 2.24) is 4.98 Å². The summed E-state index contributed by atoms with van der Waals surface area (Å²) in [6.45, 7) is 0. The van der Waals surface area contributed by atoms with Crippen molar-refractivity contribution >= 4 is 28.9 Å². The van der Waals surface area contributed by atoms with Gasteiger partial charge in [-0.25, -0.2) is 4.98 Å². The van der Waals surface area contributed by atoms with Gasteiger partial charge in [0.25, 0.3) is 0 Å². The number of halogens is 5. The fraction of sp³-hybridized carbons (Fsp3) is 0.0833. The second-order valence-electron chi connectivity index (χ2n) is 3.77. The first kappa shape index (κ1) is 14.7. The number of para-hydroxylation sites is 1. The van der Waals surface area contributed by atoms with Gasteiger partial charge >= 0.3 is 6.18 Å². The third-order valence-corrected chi connectivity index (χ3v) is 2.90. The number of rotatable bonds is 2. The van der Waals surface area contributed by atoms with Gasteiger partial charge in [-0.3, -0.25) is 0 Å². The minimum absolute atomic E-state index is 0.0864.